The molecular weight excluding hydrogens is 334 g/mol. The number of hydrogen-bond acceptors (Lipinski definition) is 4. The number of nitrogens with zero attached hydrogens (tertiary/aromatic N) is 2. The Kier molecular flexibility index (Phi) is 5.05. The Balaban J connectivity index is 1.79. The van der Waals surface area contributed by atoms with Gasteiger partial charge in [-0.3, -0.25) is 4.90 Å². The monoisotopic (exact) mass is 361 g/mol. The van der Waals surface area contributed by atoms with Gasteiger partial charge in [-0.05, 0) is 36.9 Å². The smallest absolute Gasteiger partial charge is 0.205 e. The number of benzene rings is 1. The molecular formula is C23H27N3O. The van der Waals surface area contributed by atoms with Crippen molar-refractivity contribution in [2.24, 2.45) is 11.7 Å². The predicted molar refractivity (Wildman–Crippen MR) is 106 cm³/mol. The van der Waals surface area contributed by atoms with Gasteiger partial charge in [0.05, 0.1) is 5.92 Å². The molecule has 4 nitrogen and oxygen atoms in total. The topological polar surface area (TPSA) is 62.3 Å². The van der Waals surface area contributed by atoms with Gasteiger partial charge >= 0.3 is 0 Å². The van der Waals surface area contributed by atoms with E-state index in [9.17, 15) is 5.26 Å². The molecule has 1 unspecified atom stereocenters. The summed E-state index contributed by atoms with van der Waals surface area (Å²) < 4.78 is 6.07. The maximum absolute atomic E-state index is 9.76. The molecule has 0 aromatic heterocycles. The molecule has 0 amide bonds. The number of allylic oxidation sites excluding steroid dienone is 2. The second kappa shape index (κ2) is 7.62. The Morgan fingerprint density at radius 2 is 1.89 bits per heavy atom. The Bertz CT molecular complexity index is 838. The van der Waals surface area contributed by atoms with Crippen molar-refractivity contribution in [1.29, 1.82) is 5.26 Å². The van der Waals surface area contributed by atoms with Crippen molar-refractivity contribution in [2.75, 3.05) is 20.1 Å². The van der Waals surface area contributed by atoms with Crippen molar-refractivity contribution in [3.8, 4) is 6.07 Å². The lowest BCUT2D eigenvalue weighted by Crippen LogP contribution is -2.36. The predicted octanol–water partition coefficient (Wildman–Crippen LogP) is 4.20. The summed E-state index contributed by atoms with van der Waals surface area (Å²) in [4.78, 5) is 2.31. The van der Waals surface area contributed by atoms with E-state index in [0.29, 0.717) is 11.5 Å². The van der Waals surface area contributed by atoms with Gasteiger partial charge in [-0.2, -0.15) is 5.26 Å². The SMILES string of the molecule is CN1CC2=C(OC(N)=C(C#N)C2c2ccccc2)/C(=C/C2CCCCC2)C1. The van der Waals surface area contributed by atoms with Crippen LogP contribution in [0.4, 0.5) is 0 Å². The lowest BCUT2D eigenvalue weighted by Gasteiger charge is -2.37. The molecule has 2 N–H and O–H groups in total. The minimum Gasteiger partial charge on any atom is -0.440 e. The van der Waals surface area contributed by atoms with Gasteiger partial charge in [0.25, 0.3) is 0 Å². The van der Waals surface area contributed by atoms with Crippen LogP contribution in [0.2, 0.25) is 0 Å². The van der Waals surface area contributed by atoms with Gasteiger partial charge in [0.15, 0.2) is 0 Å². The summed E-state index contributed by atoms with van der Waals surface area (Å²) in [6.07, 6.45) is 8.90. The van der Waals surface area contributed by atoms with Crippen LogP contribution in [0.3, 0.4) is 0 Å². The van der Waals surface area contributed by atoms with E-state index >= 15 is 0 Å². The molecule has 140 valence electrons. The summed E-state index contributed by atoms with van der Waals surface area (Å²) in [6, 6.07) is 12.5. The first-order chi connectivity index (χ1) is 13.2. The van der Waals surface area contributed by atoms with Gasteiger partial charge in [-0.1, -0.05) is 55.7 Å². The molecule has 3 aliphatic rings. The van der Waals surface area contributed by atoms with Gasteiger partial charge in [0, 0.05) is 18.7 Å². The molecule has 0 bridgehead atoms. The molecule has 2 aliphatic heterocycles. The Morgan fingerprint density at radius 3 is 2.59 bits per heavy atom. The van der Waals surface area contributed by atoms with Crippen molar-refractivity contribution in [1.82, 2.24) is 4.90 Å². The minimum atomic E-state index is -0.127. The highest BCUT2D eigenvalue weighted by atomic mass is 16.5. The molecule has 2 heterocycles. The fourth-order valence-electron chi connectivity index (χ4n) is 4.67. The van der Waals surface area contributed by atoms with Crippen molar-refractivity contribution in [3.63, 3.8) is 0 Å². The van der Waals surface area contributed by atoms with Crippen LogP contribution in [0.1, 0.15) is 43.6 Å². The van der Waals surface area contributed by atoms with Crippen LogP contribution in [-0.2, 0) is 4.74 Å². The maximum atomic E-state index is 9.76. The zero-order valence-electron chi connectivity index (χ0n) is 15.9. The van der Waals surface area contributed by atoms with Crippen LogP contribution in [-0.4, -0.2) is 25.0 Å². The van der Waals surface area contributed by atoms with Crippen molar-refractivity contribution >= 4 is 0 Å². The number of likely N-dealkylation sites (N-methyl/N-ethyl adjacent to an activating group) is 1. The summed E-state index contributed by atoms with van der Waals surface area (Å²) in [6.45, 7) is 1.65. The first-order valence-electron chi connectivity index (χ1n) is 9.92. The van der Waals surface area contributed by atoms with Crippen LogP contribution in [0.25, 0.3) is 0 Å². The highest BCUT2D eigenvalue weighted by Crippen LogP contribution is 2.43. The first kappa shape index (κ1) is 17.9. The second-order valence-corrected chi connectivity index (χ2v) is 7.95. The Hall–Kier alpha value is -2.51. The van der Waals surface area contributed by atoms with Crippen LogP contribution >= 0.6 is 0 Å². The molecule has 1 aromatic carbocycles. The van der Waals surface area contributed by atoms with Gasteiger partial charge in [-0.25, -0.2) is 0 Å². The van der Waals surface area contributed by atoms with E-state index in [1.54, 1.807) is 0 Å². The van der Waals surface area contributed by atoms with E-state index in [0.717, 1.165) is 30.0 Å². The van der Waals surface area contributed by atoms with E-state index in [1.807, 2.05) is 18.2 Å². The Labute approximate surface area is 161 Å². The van der Waals surface area contributed by atoms with Gasteiger partial charge in [0.1, 0.15) is 17.4 Å². The second-order valence-electron chi connectivity index (χ2n) is 7.95. The van der Waals surface area contributed by atoms with E-state index < -0.39 is 0 Å². The van der Waals surface area contributed by atoms with E-state index in [1.165, 1.54) is 37.7 Å². The van der Waals surface area contributed by atoms with Crippen molar-refractivity contribution < 1.29 is 4.74 Å². The minimum absolute atomic E-state index is 0.127. The summed E-state index contributed by atoms with van der Waals surface area (Å²) in [5.74, 6) is 1.65. The number of nitriles is 1. The molecule has 0 radical (unpaired) electrons. The van der Waals surface area contributed by atoms with Gasteiger partial charge < -0.3 is 10.5 Å². The molecule has 0 saturated heterocycles. The standard InChI is InChI=1S/C23H27N3O/c1-26-14-18(12-16-8-4-2-5-9-16)22-20(15-26)21(17-10-6-3-7-11-17)19(13-24)23(25)27-22/h3,6-7,10-12,16,21H,2,4-5,8-9,14-15,25H2,1H3/b18-12+. The molecule has 1 aromatic rings. The van der Waals surface area contributed by atoms with E-state index in [4.69, 9.17) is 10.5 Å². The Morgan fingerprint density at radius 1 is 1.15 bits per heavy atom. The fourth-order valence-corrected chi connectivity index (χ4v) is 4.67. The lowest BCUT2D eigenvalue weighted by atomic mass is 9.79. The normalized spacial score (nSPS) is 25.9. The fraction of sp³-hybridized carbons (Fsp3) is 0.435. The molecule has 27 heavy (non-hydrogen) atoms. The highest BCUT2D eigenvalue weighted by Gasteiger charge is 2.37. The maximum Gasteiger partial charge on any atom is 0.205 e. The van der Waals surface area contributed by atoms with E-state index in [2.05, 4.69) is 36.2 Å². The molecule has 4 rings (SSSR count). The van der Waals surface area contributed by atoms with Crippen LogP contribution in [0.15, 0.2) is 64.8 Å². The van der Waals surface area contributed by atoms with Crippen LogP contribution in [0.5, 0.6) is 0 Å². The third kappa shape index (κ3) is 3.52. The summed E-state index contributed by atoms with van der Waals surface area (Å²) in [5, 5.41) is 9.76. The van der Waals surface area contributed by atoms with Crippen molar-refractivity contribution in [3.05, 3.63) is 70.3 Å². The highest BCUT2D eigenvalue weighted by molar-refractivity contribution is 5.54. The number of nitrogens with two attached hydrogens (primary N) is 1. The first-order valence-corrected chi connectivity index (χ1v) is 9.92. The van der Waals surface area contributed by atoms with Crippen molar-refractivity contribution in [2.45, 2.75) is 38.0 Å². The number of rotatable bonds is 2. The molecule has 1 fully saturated rings. The van der Waals surface area contributed by atoms with E-state index in [-0.39, 0.29) is 11.8 Å². The van der Waals surface area contributed by atoms with Crippen LogP contribution in [0, 0.1) is 17.2 Å². The van der Waals surface area contributed by atoms with Gasteiger partial charge in [0.2, 0.25) is 5.88 Å². The summed E-state index contributed by atoms with van der Waals surface area (Å²) in [7, 11) is 2.13. The summed E-state index contributed by atoms with van der Waals surface area (Å²) >= 11 is 0. The summed E-state index contributed by atoms with van der Waals surface area (Å²) in [5.41, 5.74) is 10.2. The zero-order chi connectivity index (χ0) is 18.8. The average molecular weight is 361 g/mol. The lowest BCUT2D eigenvalue weighted by molar-refractivity contribution is 0.248. The molecule has 0 spiro atoms. The zero-order valence-corrected chi connectivity index (χ0v) is 15.9. The number of hydrogen-bond donors (Lipinski definition) is 1. The molecule has 1 aliphatic carbocycles. The molecule has 1 saturated carbocycles. The molecule has 1 atom stereocenters. The molecule has 4 heteroatoms. The average Bonchev–Trinajstić information content (AvgIpc) is 2.69. The third-order valence-electron chi connectivity index (χ3n) is 5.92. The third-order valence-corrected chi connectivity index (χ3v) is 5.92. The quantitative estimate of drug-likeness (QED) is 0.857. The van der Waals surface area contributed by atoms with Crippen LogP contribution < -0.4 is 5.73 Å². The largest absolute Gasteiger partial charge is 0.440 e. The number of ether oxygens (including phenoxy) is 1. The van der Waals surface area contributed by atoms with Gasteiger partial charge in [-0.15, -0.1) is 0 Å².